The van der Waals surface area contributed by atoms with E-state index in [1.807, 2.05) is 24.4 Å². The largest absolute Gasteiger partial charge is 0.495 e. The molecular formula is C15H12BrNO. The van der Waals surface area contributed by atoms with E-state index < -0.39 is 0 Å². The standard InChI is InChI=1S/C15H12BrNO/c1-9-7-8-17-14-10-5-3-4-6-11(10)15(18-2)13(16)12(9)14/h3-8H,1-2H3. The van der Waals surface area contributed by atoms with Crippen LogP contribution in [0, 0.1) is 6.92 Å². The highest BCUT2D eigenvalue weighted by atomic mass is 79.9. The van der Waals surface area contributed by atoms with Crippen LogP contribution in [0.5, 0.6) is 5.75 Å². The number of aryl methyl sites for hydroxylation is 1. The van der Waals surface area contributed by atoms with Gasteiger partial charge >= 0.3 is 0 Å². The van der Waals surface area contributed by atoms with Crippen molar-refractivity contribution in [1.29, 1.82) is 0 Å². The molecule has 0 aliphatic rings. The molecule has 0 amide bonds. The summed E-state index contributed by atoms with van der Waals surface area (Å²) < 4.78 is 6.52. The zero-order chi connectivity index (χ0) is 12.7. The Labute approximate surface area is 114 Å². The van der Waals surface area contributed by atoms with Gasteiger partial charge in [0.05, 0.1) is 17.1 Å². The van der Waals surface area contributed by atoms with Crippen molar-refractivity contribution >= 4 is 37.6 Å². The lowest BCUT2D eigenvalue weighted by atomic mass is 10.0. The van der Waals surface area contributed by atoms with Gasteiger partial charge in [-0.2, -0.15) is 0 Å². The summed E-state index contributed by atoms with van der Waals surface area (Å²) in [6.45, 7) is 2.09. The Morgan fingerprint density at radius 3 is 2.56 bits per heavy atom. The summed E-state index contributed by atoms with van der Waals surface area (Å²) in [5.74, 6) is 0.870. The maximum atomic E-state index is 5.55. The van der Waals surface area contributed by atoms with E-state index >= 15 is 0 Å². The number of rotatable bonds is 1. The summed E-state index contributed by atoms with van der Waals surface area (Å²) in [4.78, 5) is 4.52. The van der Waals surface area contributed by atoms with Gasteiger partial charge in [-0.1, -0.05) is 24.3 Å². The van der Waals surface area contributed by atoms with E-state index in [9.17, 15) is 0 Å². The Balaban J connectivity index is 2.66. The SMILES string of the molecule is COc1c(Br)c2c(C)ccnc2c2ccccc12. The Morgan fingerprint density at radius 2 is 1.83 bits per heavy atom. The topological polar surface area (TPSA) is 22.1 Å². The number of pyridine rings is 1. The van der Waals surface area contributed by atoms with Gasteiger partial charge in [0.1, 0.15) is 5.75 Å². The third-order valence-electron chi connectivity index (χ3n) is 3.21. The molecule has 1 aromatic heterocycles. The summed E-state index contributed by atoms with van der Waals surface area (Å²) in [7, 11) is 1.70. The summed E-state index contributed by atoms with van der Waals surface area (Å²) in [6.07, 6.45) is 1.85. The molecule has 0 aliphatic heterocycles. The van der Waals surface area contributed by atoms with Gasteiger partial charge in [0, 0.05) is 22.4 Å². The third-order valence-corrected chi connectivity index (χ3v) is 3.97. The number of halogens is 1. The Hall–Kier alpha value is -1.61. The van der Waals surface area contributed by atoms with E-state index in [1.165, 1.54) is 5.56 Å². The van der Waals surface area contributed by atoms with Gasteiger partial charge in [0.15, 0.2) is 0 Å². The van der Waals surface area contributed by atoms with Crippen LogP contribution < -0.4 is 4.74 Å². The molecule has 0 unspecified atom stereocenters. The van der Waals surface area contributed by atoms with Gasteiger partial charge in [0.2, 0.25) is 0 Å². The first-order valence-corrected chi connectivity index (χ1v) is 6.53. The minimum Gasteiger partial charge on any atom is -0.495 e. The predicted octanol–water partition coefficient (Wildman–Crippen LogP) is 4.47. The summed E-state index contributed by atoms with van der Waals surface area (Å²) in [6, 6.07) is 10.2. The monoisotopic (exact) mass is 301 g/mol. The summed E-state index contributed by atoms with van der Waals surface area (Å²) in [5, 5.41) is 3.32. The first-order chi connectivity index (χ1) is 8.74. The average molecular weight is 302 g/mol. The maximum Gasteiger partial charge on any atom is 0.141 e. The van der Waals surface area contributed by atoms with Gasteiger partial charge < -0.3 is 4.74 Å². The van der Waals surface area contributed by atoms with Crippen LogP contribution in [0.4, 0.5) is 0 Å². The molecule has 3 rings (SSSR count). The number of methoxy groups -OCH3 is 1. The highest BCUT2D eigenvalue weighted by Crippen LogP contribution is 2.41. The molecule has 18 heavy (non-hydrogen) atoms. The lowest BCUT2D eigenvalue weighted by Crippen LogP contribution is -1.92. The average Bonchev–Trinajstić information content (AvgIpc) is 2.39. The number of hydrogen-bond donors (Lipinski definition) is 0. The van der Waals surface area contributed by atoms with Crippen molar-refractivity contribution in [3.8, 4) is 5.75 Å². The summed E-state index contributed by atoms with van der Waals surface area (Å²) in [5.41, 5.74) is 2.20. The van der Waals surface area contributed by atoms with Crippen LogP contribution in [0.1, 0.15) is 5.56 Å². The lowest BCUT2D eigenvalue weighted by Gasteiger charge is -2.13. The molecule has 0 spiro atoms. The molecule has 0 saturated heterocycles. The van der Waals surface area contributed by atoms with Gasteiger partial charge in [-0.15, -0.1) is 0 Å². The van der Waals surface area contributed by atoms with Crippen LogP contribution in [0.2, 0.25) is 0 Å². The van der Waals surface area contributed by atoms with Gasteiger partial charge in [-0.05, 0) is 34.5 Å². The van der Waals surface area contributed by atoms with Crippen LogP contribution in [0.15, 0.2) is 41.0 Å². The molecule has 0 atom stereocenters. The molecule has 3 heteroatoms. The molecule has 0 bridgehead atoms. The molecule has 0 radical (unpaired) electrons. The molecule has 0 saturated carbocycles. The van der Waals surface area contributed by atoms with Gasteiger partial charge in [-0.25, -0.2) is 0 Å². The molecule has 3 aromatic rings. The fourth-order valence-corrected chi connectivity index (χ4v) is 3.23. The van der Waals surface area contributed by atoms with Crippen molar-refractivity contribution in [3.63, 3.8) is 0 Å². The normalized spacial score (nSPS) is 11.1. The first-order valence-electron chi connectivity index (χ1n) is 5.73. The molecule has 0 fully saturated rings. The number of fused-ring (bicyclic) bond motifs is 3. The molecule has 1 heterocycles. The second-order valence-electron chi connectivity index (χ2n) is 4.24. The van der Waals surface area contributed by atoms with Crippen LogP contribution in [-0.4, -0.2) is 12.1 Å². The van der Waals surface area contributed by atoms with E-state index in [1.54, 1.807) is 7.11 Å². The van der Waals surface area contributed by atoms with Crippen LogP contribution in [0.25, 0.3) is 21.7 Å². The molecule has 90 valence electrons. The van der Waals surface area contributed by atoms with E-state index in [-0.39, 0.29) is 0 Å². The Morgan fingerprint density at radius 1 is 1.11 bits per heavy atom. The molecule has 2 aromatic carbocycles. The van der Waals surface area contributed by atoms with E-state index in [2.05, 4.69) is 40.0 Å². The van der Waals surface area contributed by atoms with Crippen molar-refractivity contribution in [3.05, 3.63) is 46.6 Å². The Bertz CT molecular complexity index is 752. The Kier molecular flexibility index (Phi) is 2.71. The molecule has 0 aliphatic carbocycles. The van der Waals surface area contributed by atoms with Gasteiger partial charge in [0.25, 0.3) is 0 Å². The summed E-state index contributed by atoms with van der Waals surface area (Å²) >= 11 is 3.65. The minimum absolute atomic E-state index is 0.870. The van der Waals surface area contributed by atoms with Crippen molar-refractivity contribution in [2.24, 2.45) is 0 Å². The lowest BCUT2D eigenvalue weighted by molar-refractivity contribution is 0.418. The second-order valence-corrected chi connectivity index (χ2v) is 5.04. The third kappa shape index (κ3) is 1.51. The zero-order valence-electron chi connectivity index (χ0n) is 10.2. The maximum absolute atomic E-state index is 5.55. The van der Waals surface area contributed by atoms with Crippen molar-refractivity contribution in [1.82, 2.24) is 4.98 Å². The number of ether oxygens (including phenoxy) is 1. The number of benzene rings is 2. The zero-order valence-corrected chi connectivity index (χ0v) is 11.8. The predicted molar refractivity (Wildman–Crippen MR) is 78.2 cm³/mol. The van der Waals surface area contributed by atoms with E-state index in [4.69, 9.17) is 4.74 Å². The van der Waals surface area contributed by atoms with Crippen LogP contribution in [-0.2, 0) is 0 Å². The van der Waals surface area contributed by atoms with Crippen molar-refractivity contribution < 1.29 is 4.74 Å². The molecule has 0 N–H and O–H groups in total. The quantitative estimate of drug-likeness (QED) is 0.619. The molecule has 2 nitrogen and oxygen atoms in total. The van der Waals surface area contributed by atoms with Gasteiger partial charge in [-0.3, -0.25) is 4.98 Å². The fraction of sp³-hybridized carbons (Fsp3) is 0.133. The highest BCUT2D eigenvalue weighted by Gasteiger charge is 2.14. The van der Waals surface area contributed by atoms with E-state index in [0.717, 1.165) is 31.9 Å². The van der Waals surface area contributed by atoms with Crippen LogP contribution >= 0.6 is 15.9 Å². The number of nitrogens with zero attached hydrogens (tertiary/aromatic N) is 1. The second kappa shape index (κ2) is 4.25. The fourth-order valence-electron chi connectivity index (χ4n) is 2.36. The van der Waals surface area contributed by atoms with Crippen molar-refractivity contribution in [2.75, 3.05) is 7.11 Å². The number of aromatic nitrogens is 1. The minimum atomic E-state index is 0.870. The number of hydrogen-bond acceptors (Lipinski definition) is 2. The van der Waals surface area contributed by atoms with Crippen molar-refractivity contribution in [2.45, 2.75) is 6.92 Å². The van der Waals surface area contributed by atoms with E-state index in [0.29, 0.717) is 0 Å². The smallest absolute Gasteiger partial charge is 0.141 e. The van der Waals surface area contributed by atoms with Crippen LogP contribution in [0.3, 0.4) is 0 Å². The highest BCUT2D eigenvalue weighted by molar-refractivity contribution is 9.10. The first kappa shape index (κ1) is 11.5. The molecular weight excluding hydrogens is 290 g/mol.